The van der Waals surface area contributed by atoms with E-state index in [-0.39, 0.29) is 5.97 Å². The molecule has 0 radical (unpaired) electrons. The molecule has 0 saturated heterocycles. The lowest BCUT2D eigenvalue weighted by atomic mass is 10.4. The SMILES string of the molecule is C=CCC(=O)OCCSCCCOC. The maximum atomic E-state index is 10.9. The first-order valence-electron chi connectivity index (χ1n) is 4.64. The van der Waals surface area contributed by atoms with E-state index in [4.69, 9.17) is 9.47 Å². The second-order valence-electron chi connectivity index (χ2n) is 2.67. The molecule has 0 saturated carbocycles. The summed E-state index contributed by atoms with van der Waals surface area (Å²) in [4.78, 5) is 10.9. The van der Waals surface area contributed by atoms with E-state index < -0.39 is 0 Å². The third-order valence-electron chi connectivity index (χ3n) is 1.44. The largest absolute Gasteiger partial charge is 0.465 e. The molecule has 0 spiro atoms. The van der Waals surface area contributed by atoms with Gasteiger partial charge in [-0.2, -0.15) is 11.8 Å². The van der Waals surface area contributed by atoms with Crippen molar-refractivity contribution < 1.29 is 14.3 Å². The maximum Gasteiger partial charge on any atom is 0.309 e. The monoisotopic (exact) mass is 218 g/mol. The molecule has 0 unspecified atom stereocenters. The summed E-state index contributed by atoms with van der Waals surface area (Å²) in [6.45, 7) is 4.74. The van der Waals surface area contributed by atoms with E-state index in [1.165, 1.54) is 0 Å². The molecular weight excluding hydrogens is 200 g/mol. The fourth-order valence-corrected chi connectivity index (χ4v) is 1.53. The van der Waals surface area contributed by atoms with Crippen LogP contribution in [0.15, 0.2) is 12.7 Å². The lowest BCUT2D eigenvalue weighted by Gasteiger charge is -2.03. The Morgan fingerprint density at radius 2 is 2.21 bits per heavy atom. The molecule has 0 aromatic carbocycles. The topological polar surface area (TPSA) is 35.5 Å². The summed E-state index contributed by atoms with van der Waals surface area (Å²) < 4.78 is 9.84. The quantitative estimate of drug-likeness (QED) is 0.336. The van der Waals surface area contributed by atoms with Crippen LogP contribution in [-0.2, 0) is 14.3 Å². The highest BCUT2D eigenvalue weighted by molar-refractivity contribution is 7.99. The smallest absolute Gasteiger partial charge is 0.309 e. The van der Waals surface area contributed by atoms with Crippen LogP contribution in [0.5, 0.6) is 0 Å². The molecule has 0 heterocycles. The first-order chi connectivity index (χ1) is 6.81. The molecule has 0 atom stereocenters. The molecular formula is C10H18O3S. The second-order valence-corrected chi connectivity index (χ2v) is 3.90. The Hall–Kier alpha value is -0.480. The molecule has 0 aliphatic carbocycles. The number of hydrogen-bond acceptors (Lipinski definition) is 4. The zero-order valence-corrected chi connectivity index (χ0v) is 9.48. The van der Waals surface area contributed by atoms with E-state index in [0.29, 0.717) is 13.0 Å². The highest BCUT2D eigenvalue weighted by Gasteiger charge is 1.98. The van der Waals surface area contributed by atoms with Crippen molar-refractivity contribution >= 4 is 17.7 Å². The van der Waals surface area contributed by atoms with Gasteiger partial charge in [0.2, 0.25) is 0 Å². The van der Waals surface area contributed by atoms with Gasteiger partial charge in [0.25, 0.3) is 0 Å². The third kappa shape index (κ3) is 9.61. The molecule has 0 aromatic rings. The molecule has 0 rings (SSSR count). The van der Waals surface area contributed by atoms with Gasteiger partial charge in [-0.05, 0) is 12.2 Å². The molecule has 0 bridgehead atoms. The van der Waals surface area contributed by atoms with Gasteiger partial charge in [0.05, 0.1) is 6.42 Å². The summed E-state index contributed by atoms with van der Waals surface area (Å²) >= 11 is 1.77. The number of ether oxygens (including phenoxy) is 2. The number of methoxy groups -OCH3 is 1. The Kier molecular flexibility index (Phi) is 10.2. The Morgan fingerprint density at radius 3 is 2.86 bits per heavy atom. The van der Waals surface area contributed by atoms with E-state index in [2.05, 4.69) is 6.58 Å². The lowest BCUT2D eigenvalue weighted by molar-refractivity contribution is -0.141. The number of thioether (sulfide) groups is 1. The van der Waals surface area contributed by atoms with Crippen LogP contribution in [0.3, 0.4) is 0 Å². The molecule has 3 nitrogen and oxygen atoms in total. The predicted octanol–water partition coefficient (Wildman–Crippen LogP) is 1.88. The summed E-state index contributed by atoms with van der Waals surface area (Å²) in [7, 11) is 1.70. The van der Waals surface area contributed by atoms with Crippen LogP contribution >= 0.6 is 11.8 Å². The standard InChI is InChI=1S/C10H18O3S/c1-3-5-10(11)13-7-9-14-8-4-6-12-2/h3H,1,4-9H2,2H3. The van der Waals surface area contributed by atoms with Gasteiger partial charge >= 0.3 is 5.97 Å². The Labute approximate surface area is 89.8 Å². The summed E-state index contributed by atoms with van der Waals surface area (Å²) in [6, 6.07) is 0. The summed E-state index contributed by atoms with van der Waals surface area (Å²) in [6.07, 6.45) is 2.89. The van der Waals surface area contributed by atoms with Gasteiger partial charge in [-0.3, -0.25) is 4.79 Å². The van der Waals surface area contributed by atoms with Crippen LogP contribution in [0.2, 0.25) is 0 Å². The Balaban J connectivity index is 3.05. The van der Waals surface area contributed by atoms with E-state index in [9.17, 15) is 4.79 Å². The van der Waals surface area contributed by atoms with Crippen molar-refractivity contribution in [3.05, 3.63) is 12.7 Å². The molecule has 0 fully saturated rings. The average Bonchev–Trinajstić information content (AvgIpc) is 2.17. The van der Waals surface area contributed by atoms with Crippen LogP contribution in [0.25, 0.3) is 0 Å². The molecule has 0 N–H and O–H groups in total. The van der Waals surface area contributed by atoms with Gasteiger partial charge in [0, 0.05) is 19.5 Å². The van der Waals surface area contributed by atoms with Gasteiger partial charge in [-0.15, -0.1) is 6.58 Å². The minimum absolute atomic E-state index is 0.197. The molecule has 4 heteroatoms. The summed E-state index contributed by atoms with van der Waals surface area (Å²) in [5.74, 6) is 1.71. The average molecular weight is 218 g/mol. The maximum absolute atomic E-state index is 10.9. The van der Waals surface area contributed by atoms with Gasteiger partial charge in [0.1, 0.15) is 6.61 Å². The number of carbonyl (C=O) groups is 1. The van der Waals surface area contributed by atoms with Crippen LogP contribution in [0.1, 0.15) is 12.8 Å². The minimum Gasteiger partial charge on any atom is -0.465 e. The van der Waals surface area contributed by atoms with Crippen molar-refractivity contribution in [1.29, 1.82) is 0 Å². The van der Waals surface area contributed by atoms with Crippen LogP contribution < -0.4 is 0 Å². The van der Waals surface area contributed by atoms with E-state index in [1.807, 2.05) is 0 Å². The van der Waals surface area contributed by atoms with Gasteiger partial charge in [0.15, 0.2) is 0 Å². The molecule has 14 heavy (non-hydrogen) atoms. The van der Waals surface area contributed by atoms with Crippen molar-refractivity contribution in [3.63, 3.8) is 0 Å². The normalized spacial score (nSPS) is 9.79. The fraction of sp³-hybridized carbons (Fsp3) is 0.700. The zero-order chi connectivity index (χ0) is 10.6. The van der Waals surface area contributed by atoms with Gasteiger partial charge in [-0.25, -0.2) is 0 Å². The van der Waals surface area contributed by atoms with Crippen molar-refractivity contribution in [2.45, 2.75) is 12.8 Å². The Morgan fingerprint density at radius 1 is 1.43 bits per heavy atom. The highest BCUT2D eigenvalue weighted by Crippen LogP contribution is 2.02. The fourth-order valence-electron chi connectivity index (χ4n) is 0.799. The summed E-state index contributed by atoms with van der Waals surface area (Å²) in [5.41, 5.74) is 0. The highest BCUT2D eigenvalue weighted by atomic mass is 32.2. The first-order valence-corrected chi connectivity index (χ1v) is 5.80. The van der Waals surface area contributed by atoms with E-state index >= 15 is 0 Å². The lowest BCUT2D eigenvalue weighted by Crippen LogP contribution is -2.06. The van der Waals surface area contributed by atoms with Crippen molar-refractivity contribution in [2.75, 3.05) is 31.8 Å². The Bertz CT molecular complexity index is 159. The van der Waals surface area contributed by atoms with Crippen molar-refractivity contribution in [2.24, 2.45) is 0 Å². The van der Waals surface area contributed by atoms with E-state index in [0.717, 1.165) is 24.5 Å². The van der Waals surface area contributed by atoms with Crippen molar-refractivity contribution in [3.8, 4) is 0 Å². The second kappa shape index (κ2) is 10.6. The van der Waals surface area contributed by atoms with Gasteiger partial charge < -0.3 is 9.47 Å². The zero-order valence-electron chi connectivity index (χ0n) is 8.66. The van der Waals surface area contributed by atoms with Gasteiger partial charge in [-0.1, -0.05) is 6.08 Å². The minimum atomic E-state index is -0.197. The number of carbonyl (C=O) groups excluding carboxylic acids is 1. The van der Waals surface area contributed by atoms with Crippen LogP contribution in [0, 0.1) is 0 Å². The molecule has 0 aromatic heterocycles. The predicted molar refractivity (Wildman–Crippen MR) is 59.6 cm³/mol. The first kappa shape index (κ1) is 13.5. The molecule has 0 aliphatic heterocycles. The van der Waals surface area contributed by atoms with Crippen molar-refractivity contribution in [1.82, 2.24) is 0 Å². The molecule has 0 aliphatic rings. The molecule has 0 amide bonds. The molecule has 82 valence electrons. The summed E-state index contributed by atoms with van der Waals surface area (Å²) in [5, 5.41) is 0. The third-order valence-corrected chi connectivity index (χ3v) is 2.47. The van der Waals surface area contributed by atoms with Crippen LogP contribution in [-0.4, -0.2) is 37.8 Å². The number of hydrogen-bond donors (Lipinski definition) is 0. The van der Waals surface area contributed by atoms with E-state index in [1.54, 1.807) is 24.9 Å². The number of esters is 1. The number of rotatable bonds is 9. The van der Waals surface area contributed by atoms with Crippen LogP contribution in [0.4, 0.5) is 0 Å².